The fourth-order valence-electron chi connectivity index (χ4n) is 3.03. The quantitative estimate of drug-likeness (QED) is 0.429. The highest BCUT2D eigenvalue weighted by Crippen LogP contribution is 2.28. The second-order valence-corrected chi connectivity index (χ2v) is 7.31. The van der Waals surface area contributed by atoms with Gasteiger partial charge in [-0.25, -0.2) is 0 Å². The summed E-state index contributed by atoms with van der Waals surface area (Å²) >= 11 is 1.85. The molecule has 0 spiro atoms. The van der Waals surface area contributed by atoms with Crippen LogP contribution in [0.25, 0.3) is 0 Å². The molecule has 2 N–H and O–H groups in total. The number of thiophene rings is 1. The van der Waals surface area contributed by atoms with E-state index >= 15 is 0 Å². The van der Waals surface area contributed by atoms with Gasteiger partial charge >= 0.3 is 0 Å². The molecule has 1 fully saturated rings. The molecule has 1 aromatic heterocycles. The summed E-state index contributed by atoms with van der Waals surface area (Å²) in [5, 5.41) is 8.98. The smallest absolute Gasteiger partial charge is 0.191 e. The summed E-state index contributed by atoms with van der Waals surface area (Å²) in [6.45, 7) is 9.85. The van der Waals surface area contributed by atoms with Gasteiger partial charge in [-0.3, -0.25) is 9.89 Å². The second-order valence-electron chi connectivity index (χ2n) is 6.33. The lowest BCUT2D eigenvalue weighted by atomic mass is 9.97. The van der Waals surface area contributed by atoms with E-state index in [0.717, 1.165) is 31.6 Å². The van der Waals surface area contributed by atoms with Gasteiger partial charge in [-0.15, -0.1) is 11.3 Å². The number of piperidine rings is 1. The third-order valence-corrected chi connectivity index (χ3v) is 5.53. The number of hydrogen-bond acceptors (Lipinski definition) is 4. The Hall–Kier alpha value is -1.11. The molecule has 1 unspecified atom stereocenters. The molecular formula is C18H32N4OS. The van der Waals surface area contributed by atoms with Crippen LogP contribution in [-0.2, 0) is 4.74 Å². The van der Waals surface area contributed by atoms with E-state index in [1.807, 2.05) is 25.3 Å². The van der Waals surface area contributed by atoms with Gasteiger partial charge in [0.15, 0.2) is 5.96 Å². The molecule has 2 heterocycles. The van der Waals surface area contributed by atoms with E-state index in [1.54, 1.807) is 0 Å². The summed E-state index contributed by atoms with van der Waals surface area (Å²) in [6, 6.07) is 4.82. The Kier molecular flexibility index (Phi) is 8.56. The third-order valence-electron chi connectivity index (χ3n) is 4.56. The molecule has 0 aromatic carbocycles. The fraction of sp³-hybridized carbons (Fsp3) is 0.722. The fourth-order valence-corrected chi connectivity index (χ4v) is 3.89. The van der Waals surface area contributed by atoms with Gasteiger partial charge in [0.05, 0.1) is 12.6 Å². The van der Waals surface area contributed by atoms with Crippen molar-refractivity contribution in [2.24, 2.45) is 10.9 Å². The van der Waals surface area contributed by atoms with Crippen molar-refractivity contribution in [2.75, 3.05) is 46.4 Å². The molecule has 1 aliphatic heterocycles. The minimum absolute atomic E-state index is 0.419. The summed E-state index contributed by atoms with van der Waals surface area (Å²) in [5.74, 6) is 1.70. The summed E-state index contributed by atoms with van der Waals surface area (Å²) in [4.78, 5) is 8.37. The van der Waals surface area contributed by atoms with Crippen molar-refractivity contribution in [3.05, 3.63) is 22.4 Å². The lowest BCUT2D eigenvalue weighted by Crippen LogP contribution is -2.45. The molecule has 0 bridgehead atoms. The van der Waals surface area contributed by atoms with Gasteiger partial charge in [-0.1, -0.05) is 13.0 Å². The maximum Gasteiger partial charge on any atom is 0.191 e. The van der Waals surface area contributed by atoms with Gasteiger partial charge in [-0.05, 0) is 50.2 Å². The summed E-state index contributed by atoms with van der Waals surface area (Å²) < 4.78 is 5.37. The number of aliphatic imine (C=N–C) groups is 1. The number of rotatable bonds is 8. The van der Waals surface area contributed by atoms with Gasteiger partial charge < -0.3 is 15.4 Å². The number of guanidine groups is 1. The zero-order valence-corrected chi connectivity index (χ0v) is 16.1. The van der Waals surface area contributed by atoms with E-state index in [9.17, 15) is 0 Å². The standard InChI is InChI=1S/C18H32N4OS/c1-4-23-12-9-20-18(19-3)21-14-16(17-6-5-13-24-17)22-10-7-15(2)8-11-22/h5-6,13,15-16H,4,7-12,14H2,1-3H3,(H2,19,20,21). The van der Waals surface area contributed by atoms with Crippen LogP contribution in [0.4, 0.5) is 0 Å². The predicted octanol–water partition coefficient (Wildman–Crippen LogP) is 2.72. The van der Waals surface area contributed by atoms with Crippen LogP contribution in [0.1, 0.15) is 37.6 Å². The molecule has 6 heteroatoms. The van der Waals surface area contributed by atoms with Crippen molar-refractivity contribution in [3.8, 4) is 0 Å². The zero-order valence-electron chi connectivity index (χ0n) is 15.3. The Morgan fingerprint density at radius 3 is 2.83 bits per heavy atom. The molecule has 1 aromatic rings. The van der Waals surface area contributed by atoms with E-state index < -0.39 is 0 Å². The molecule has 5 nitrogen and oxygen atoms in total. The van der Waals surface area contributed by atoms with Crippen LogP contribution in [0.5, 0.6) is 0 Å². The molecular weight excluding hydrogens is 320 g/mol. The highest BCUT2D eigenvalue weighted by atomic mass is 32.1. The Bertz CT molecular complexity index is 469. The molecule has 136 valence electrons. The van der Waals surface area contributed by atoms with Crippen LogP contribution >= 0.6 is 11.3 Å². The van der Waals surface area contributed by atoms with Gasteiger partial charge in [0.25, 0.3) is 0 Å². The van der Waals surface area contributed by atoms with E-state index in [1.165, 1.54) is 30.8 Å². The van der Waals surface area contributed by atoms with Crippen molar-refractivity contribution < 1.29 is 4.74 Å². The first kappa shape index (κ1) is 19.2. The first-order valence-corrected chi connectivity index (χ1v) is 9.92. The molecule has 24 heavy (non-hydrogen) atoms. The Morgan fingerprint density at radius 2 is 2.21 bits per heavy atom. The lowest BCUT2D eigenvalue weighted by molar-refractivity contribution is 0.140. The second kappa shape index (κ2) is 10.7. The van der Waals surface area contributed by atoms with Gasteiger partial charge in [0.1, 0.15) is 0 Å². The van der Waals surface area contributed by atoms with Crippen LogP contribution < -0.4 is 10.6 Å². The van der Waals surface area contributed by atoms with E-state index in [0.29, 0.717) is 12.6 Å². The van der Waals surface area contributed by atoms with Crippen LogP contribution in [0.15, 0.2) is 22.5 Å². The Morgan fingerprint density at radius 1 is 1.42 bits per heavy atom. The van der Waals surface area contributed by atoms with Gasteiger partial charge in [-0.2, -0.15) is 0 Å². The predicted molar refractivity (Wildman–Crippen MR) is 103 cm³/mol. The van der Waals surface area contributed by atoms with Crippen LogP contribution in [0, 0.1) is 5.92 Å². The number of ether oxygens (including phenoxy) is 1. The highest BCUT2D eigenvalue weighted by molar-refractivity contribution is 7.10. The van der Waals surface area contributed by atoms with Gasteiger partial charge in [0, 0.05) is 31.6 Å². The SMILES string of the molecule is CCOCCNC(=NC)NCC(c1cccs1)N1CCC(C)CC1. The average Bonchev–Trinajstić information content (AvgIpc) is 3.13. The molecule has 0 amide bonds. The van der Waals surface area contributed by atoms with Crippen molar-refractivity contribution in [1.82, 2.24) is 15.5 Å². The summed E-state index contributed by atoms with van der Waals surface area (Å²) in [5.41, 5.74) is 0. The number of hydrogen-bond donors (Lipinski definition) is 2. The van der Waals surface area contributed by atoms with Gasteiger partial charge in [0.2, 0.25) is 0 Å². The highest BCUT2D eigenvalue weighted by Gasteiger charge is 2.25. The largest absolute Gasteiger partial charge is 0.380 e. The maximum absolute atomic E-state index is 5.37. The molecule has 2 rings (SSSR count). The van der Waals surface area contributed by atoms with E-state index in [2.05, 4.69) is 45.0 Å². The number of nitrogens with one attached hydrogen (secondary N) is 2. The molecule has 1 aliphatic rings. The van der Waals surface area contributed by atoms with Crippen molar-refractivity contribution in [1.29, 1.82) is 0 Å². The topological polar surface area (TPSA) is 48.9 Å². The van der Waals surface area contributed by atoms with Crippen molar-refractivity contribution in [2.45, 2.75) is 32.7 Å². The lowest BCUT2D eigenvalue weighted by Gasteiger charge is -2.36. The molecule has 0 radical (unpaired) electrons. The first-order chi connectivity index (χ1) is 11.7. The molecule has 1 saturated heterocycles. The average molecular weight is 353 g/mol. The first-order valence-electron chi connectivity index (χ1n) is 9.04. The van der Waals surface area contributed by atoms with Crippen molar-refractivity contribution in [3.63, 3.8) is 0 Å². The van der Waals surface area contributed by atoms with Crippen molar-refractivity contribution >= 4 is 17.3 Å². The number of nitrogens with zero attached hydrogens (tertiary/aromatic N) is 2. The summed E-state index contributed by atoms with van der Waals surface area (Å²) in [6.07, 6.45) is 2.59. The minimum atomic E-state index is 0.419. The molecule has 1 atom stereocenters. The Balaban J connectivity index is 1.88. The van der Waals surface area contributed by atoms with E-state index in [-0.39, 0.29) is 0 Å². The monoisotopic (exact) mass is 352 g/mol. The zero-order chi connectivity index (χ0) is 17.2. The van der Waals surface area contributed by atoms with Crippen LogP contribution in [0.2, 0.25) is 0 Å². The summed E-state index contributed by atoms with van der Waals surface area (Å²) in [7, 11) is 1.82. The van der Waals surface area contributed by atoms with Crippen LogP contribution in [0.3, 0.4) is 0 Å². The molecule has 0 aliphatic carbocycles. The van der Waals surface area contributed by atoms with E-state index in [4.69, 9.17) is 4.74 Å². The minimum Gasteiger partial charge on any atom is -0.380 e. The normalized spacial score (nSPS) is 18.5. The number of likely N-dealkylation sites (tertiary alicyclic amines) is 1. The molecule has 0 saturated carbocycles. The Labute approximate surface area is 150 Å². The van der Waals surface area contributed by atoms with Crippen LogP contribution in [-0.4, -0.2) is 57.3 Å². The maximum atomic E-state index is 5.37. The third kappa shape index (κ3) is 6.07.